The Morgan fingerprint density at radius 3 is 2.65 bits per heavy atom. The standard InChI is InChI=1S/C13H18FNO2/c14-11-5-10(8-15)6-12(7-11)17-9-13(16)3-1-2-4-13/h5-7,16H,1-4,8-9,15H2. The molecule has 0 amide bonds. The summed E-state index contributed by atoms with van der Waals surface area (Å²) in [6.07, 6.45) is 3.56. The van der Waals surface area contributed by atoms with Crippen LogP contribution in [0.3, 0.4) is 0 Å². The quantitative estimate of drug-likeness (QED) is 0.844. The fourth-order valence-electron chi connectivity index (χ4n) is 2.22. The Hall–Kier alpha value is -1.13. The second kappa shape index (κ2) is 5.02. The van der Waals surface area contributed by atoms with Gasteiger partial charge in [-0.3, -0.25) is 0 Å². The number of aliphatic hydroxyl groups is 1. The molecule has 1 fully saturated rings. The van der Waals surface area contributed by atoms with E-state index in [4.69, 9.17) is 10.5 Å². The number of halogens is 1. The smallest absolute Gasteiger partial charge is 0.127 e. The number of nitrogens with two attached hydrogens (primary N) is 1. The zero-order valence-corrected chi connectivity index (χ0v) is 9.79. The summed E-state index contributed by atoms with van der Waals surface area (Å²) in [6.45, 7) is 0.499. The minimum absolute atomic E-state index is 0.223. The van der Waals surface area contributed by atoms with E-state index in [9.17, 15) is 9.50 Å². The summed E-state index contributed by atoms with van der Waals surface area (Å²) >= 11 is 0. The number of benzene rings is 1. The van der Waals surface area contributed by atoms with Gasteiger partial charge in [-0.2, -0.15) is 0 Å². The molecule has 0 heterocycles. The third-order valence-electron chi connectivity index (χ3n) is 3.21. The first kappa shape index (κ1) is 12.3. The van der Waals surface area contributed by atoms with E-state index in [1.807, 2.05) is 0 Å². The minimum Gasteiger partial charge on any atom is -0.490 e. The van der Waals surface area contributed by atoms with Crippen LogP contribution < -0.4 is 10.5 Å². The van der Waals surface area contributed by atoms with E-state index in [0.717, 1.165) is 25.7 Å². The summed E-state index contributed by atoms with van der Waals surface area (Å²) in [4.78, 5) is 0. The second-order valence-corrected chi connectivity index (χ2v) is 4.72. The first-order valence-electron chi connectivity index (χ1n) is 5.96. The Labute approximate surface area is 100 Å². The lowest BCUT2D eigenvalue weighted by molar-refractivity contribution is 0.00129. The van der Waals surface area contributed by atoms with E-state index >= 15 is 0 Å². The van der Waals surface area contributed by atoms with Gasteiger partial charge in [-0.25, -0.2) is 4.39 Å². The van der Waals surface area contributed by atoms with Gasteiger partial charge >= 0.3 is 0 Å². The summed E-state index contributed by atoms with van der Waals surface area (Å²) in [5.74, 6) is 0.0761. The number of ether oxygens (including phenoxy) is 1. The fraction of sp³-hybridized carbons (Fsp3) is 0.538. The average molecular weight is 239 g/mol. The highest BCUT2D eigenvalue weighted by Gasteiger charge is 2.31. The third-order valence-corrected chi connectivity index (χ3v) is 3.21. The van der Waals surface area contributed by atoms with Gasteiger partial charge in [0.15, 0.2) is 0 Å². The van der Waals surface area contributed by atoms with E-state index in [2.05, 4.69) is 0 Å². The van der Waals surface area contributed by atoms with E-state index < -0.39 is 5.60 Å². The van der Waals surface area contributed by atoms with Crippen molar-refractivity contribution in [2.45, 2.75) is 37.8 Å². The van der Waals surface area contributed by atoms with Crippen molar-refractivity contribution in [1.82, 2.24) is 0 Å². The van der Waals surface area contributed by atoms with Crippen LogP contribution in [0.25, 0.3) is 0 Å². The van der Waals surface area contributed by atoms with Crippen molar-refractivity contribution in [3.05, 3.63) is 29.6 Å². The number of rotatable bonds is 4. The molecular weight excluding hydrogens is 221 g/mol. The van der Waals surface area contributed by atoms with Gasteiger partial charge in [0, 0.05) is 12.6 Å². The number of hydrogen-bond acceptors (Lipinski definition) is 3. The Bertz CT molecular complexity index is 389. The molecule has 0 unspecified atom stereocenters. The molecule has 0 aromatic heterocycles. The Morgan fingerprint density at radius 2 is 2.00 bits per heavy atom. The normalized spacial score (nSPS) is 18.3. The molecule has 94 valence electrons. The molecular formula is C13H18FNO2. The predicted octanol–water partition coefficient (Wildman–Crippen LogP) is 1.97. The van der Waals surface area contributed by atoms with E-state index in [0.29, 0.717) is 11.3 Å². The summed E-state index contributed by atoms with van der Waals surface area (Å²) in [5, 5.41) is 10.1. The number of hydrogen-bond donors (Lipinski definition) is 2. The van der Waals surface area contributed by atoms with Gasteiger partial charge in [0.1, 0.15) is 18.2 Å². The van der Waals surface area contributed by atoms with Crippen molar-refractivity contribution in [2.75, 3.05) is 6.61 Å². The highest BCUT2D eigenvalue weighted by molar-refractivity contribution is 5.29. The Kier molecular flexibility index (Phi) is 3.64. The lowest BCUT2D eigenvalue weighted by Crippen LogP contribution is -2.32. The topological polar surface area (TPSA) is 55.5 Å². The van der Waals surface area contributed by atoms with Gasteiger partial charge in [-0.1, -0.05) is 12.8 Å². The molecule has 3 N–H and O–H groups in total. The monoisotopic (exact) mass is 239 g/mol. The molecule has 0 spiro atoms. The molecule has 1 aromatic rings. The lowest BCUT2D eigenvalue weighted by atomic mass is 10.0. The fourth-order valence-corrected chi connectivity index (χ4v) is 2.22. The highest BCUT2D eigenvalue weighted by Crippen LogP contribution is 2.30. The van der Waals surface area contributed by atoms with Gasteiger partial charge in [0.25, 0.3) is 0 Å². The van der Waals surface area contributed by atoms with Crippen molar-refractivity contribution >= 4 is 0 Å². The molecule has 0 bridgehead atoms. The lowest BCUT2D eigenvalue weighted by Gasteiger charge is -2.22. The maximum absolute atomic E-state index is 13.2. The predicted molar refractivity (Wildman–Crippen MR) is 63.2 cm³/mol. The minimum atomic E-state index is -0.741. The van der Waals surface area contributed by atoms with Gasteiger partial charge < -0.3 is 15.6 Å². The van der Waals surface area contributed by atoms with Crippen LogP contribution in [0.2, 0.25) is 0 Å². The summed E-state index contributed by atoms with van der Waals surface area (Å²) in [6, 6.07) is 4.41. The first-order valence-corrected chi connectivity index (χ1v) is 5.96. The molecule has 0 atom stereocenters. The van der Waals surface area contributed by atoms with E-state index in [1.165, 1.54) is 12.1 Å². The van der Waals surface area contributed by atoms with Crippen molar-refractivity contribution in [2.24, 2.45) is 5.73 Å². The van der Waals surface area contributed by atoms with Crippen LogP contribution in [0.15, 0.2) is 18.2 Å². The van der Waals surface area contributed by atoms with Crippen LogP contribution in [0.5, 0.6) is 5.75 Å². The average Bonchev–Trinajstić information content (AvgIpc) is 2.73. The van der Waals surface area contributed by atoms with Gasteiger partial charge in [-0.05, 0) is 30.5 Å². The largest absolute Gasteiger partial charge is 0.490 e. The van der Waals surface area contributed by atoms with Crippen LogP contribution >= 0.6 is 0 Å². The van der Waals surface area contributed by atoms with E-state index in [-0.39, 0.29) is 19.0 Å². The Balaban J connectivity index is 2.00. The first-order chi connectivity index (χ1) is 8.11. The molecule has 1 saturated carbocycles. The van der Waals surface area contributed by atoms with Crippen molar-refractivity contribution in [1.29, 1.82) is 0 Å². The van der Waals surface area contributed by atoms with Crippen molar-refractivity contribution in [3.8, 4) is 5.75 Å². The van der Waals surface area contributed by atoms with Crippen molar-refractivity contribution in [3.63, 3.8) is 0 Å². The van der Waals surface area contributed by atoms with E-state index in [1.54, 1.807) is 6.07 Å². The Morgan fingerprint density at radius 1 is 1.29 bits per heavy atom. The SMILES string of the molecule is NCc1cc(F)cc(OCC2(O)CCCC2)c1. The van der Waals surface area contributed by atoms with Crippen LogP contribution in [0.1, 0.15) is 31.2 Å². The molecule has 17 heavy (non-hydrogen) atoms. The molecule has 1 aliphatic carbocycles. The molecule has 1 aromatic carbocycles. The van der Waals surface area contributed by atoms with Crippen LogP contribution in [-0.2, 0) is 6.54 Å². The summed E-state index contributed by atoms with van der Waals surface area (Å²) in [7, 11) is 0. The van der Waals surface area contributed by atoms with Crippen LogP contribution in [0.4, 0.5) is 4.39 Å². The molecule has 0 saturated heterocycles. The van der Waals surface area contributed by atoms with Crippen molar-refractivity contribution < 1.29 is 14.2 Å². The van der Waals surface area contributed by atoms with Crippen LogP contribution in [0, 0.1) is 5.82 Å². The molecule has 4 heteroatoms. The van der Waals surface area contributed by atoms with Crippen LogP contribution in [-0.4, -0.2) is 17.3 Å². The molecule has 2 rings (SSSR count). The molecule has 1 aliphatic rings. The second-order valence-electron chi connectivity index (χ2n) is 4.72. The van der Waals surface area contributed by atoms with Gasteiger partial charge in [0.05, 0.1) is 5.60 Å². The molecule has 3 nitrogen and oxygen atoms in total. The third kappa shape index (κ3) is 3.17. The molecule has 0 radical (unpaired) electrons. The molecule has 0 aliphatic heterocycles. The maximum Gasteiger partial charge on any atom is 0.127 e. The summed E-state index contributed by atoms with van der Waals surface area (Å²) in [5.41, 5.74) is 5.41. The highest BCUT2D eigenvalue weighted by atomic mass is 19.1. The zero-order valence-electron chi connectivity index (χ0n) is 9.79. The maximum atomic E-state index is 13.2. The summed E-state index contributed by atoms with van der Waals surface area (Å²) < 4.78 is 18.7. The zero-order chi connectivity index (χ0) is 12.3. The van der Waals surface area contributed by atoms with Gasteiger partial charge in [0.2, 0.25) is 0 Å². The van der Waals surface area contributed by atoms with Gasteiger partial charge in [-0.15, -0.1) is 0 Å².